The number of piperidine rings is 1. The number of hydrogen-bond acceptors (Lipinski definition) is 3. The number of rotatable bonds is 6. The molecule has 2 aliphatic rings. The molecule has 2 amide bonds. The minimum absolute atomic E-state index is 0.00284. The van der Waals surface area contributed by atoms with Crippen molar-refractivity contribution in [3.05, 3.63) is 12.7 Å². The molecule has 0 bridgehead atoms. The SMILES string of the molecule is C=CCN1CCC(NC(=O)NC(C)(CO)C2CC2)CC1. The number of nitrogens with one attached hydrogen (secondary N) is 2. The number of nitrogens with zero attached hydrogens (tertiary/aromatic N) is 1. The molecular formula is C15H27N3O2. The standard InChI is InChI=1S/C15H27N3O2/c1-3-8-18-9-6-13(7-10-18)16-14(20)17-15(2,11-19)12-4-5-12/h3,12-13,19H,1,4-11H2,2H3,(H2,16,17,20). The number of aliphatic hydroxyl groups excluding tert-OH is 1. The second kappa shape index (κ2) is 6.59. The quantitative estimate of drug-likeness (QED) is 0.639. The first kappa shape index (κ1) is 15.3. The van der Waals surface area contributed by atoms with Crippen LogP contribution in [0.25, 0.3) is 0 Å². The summed E-state index contributed by atoms with van der Waals surface area (Å²) in [5, 5.41) is 15.5. The van der Waals surface area contributed by atoms with Gasteiger partial charge in [0, 0.05) is 25.7 Å². The van der Waals surface area contributed by atoms with E-state index in [2.05, 4.69) is 22.1 Å². The van der Waals surface area contributed by atoms with Crippen molar-refractivity contribution in [1.82, 2.24) is 15.5 Å². The Morgan fingerprint density at radius 3 is 2.55 bits per heavy atom. The maximum absolute atomic E-state index is 12.1. The van der Waals surface area contributed by atoms with Crippen molar-refractivity contribution in [2.75, 3.05) is 26.2 Å². The van der Waals surface area contributed by atoms with Crippen molar-refractivity contribution in [2.24, 2.45) is 5.92 Å². The lowest BCUT2D eigenvalue weighted by Gasteiger charge is -2.33. The van der Waals surface area contributed by atoms with Gasteiger partial charge in [0.2, 0.25) is 0 Å². The molecule has 2 fully saturated rings. The lowest BCUT2D eigenvalue weighted by atomic mass is 9.97. The fraction of sp³-hybridized carbons (Fsp3) is 0.800. The topological polar surface area (TPSA) is 64.6 Å². The van der Waals surface area contributed by atoms with Crippen LogP contribution in [0.4, 0.5) is 4.79 Å². The number of likely N-dealkylation sites (tertiary alicyclic amines) is 1. The Bertz CT molecular complexity index is 349. The van der Waals surface area contributed by atoms with Crippen molar-refractivity contribution in [1.29, 1.82) is 0 Å². The van der Waals surface area contributed by atoms with Crippen LogP contribution in [0, 0.1) is 5.92 Å². The fourth-order valence-corrected chi connectivity index (χ4v) is 2.91. The molecule has 20 heavy (non-hydrogen) atoms. The van der Waals surface area contributed by atoms with Crippen LogP contribution in [0.5, 0.6) is 0 Å². The van der Waals surface area contributed by atoms with Crippen molar-refractivity contribution < 1.29 is 9.90 Å². The first-order chi connectivity index (χ1) is 9.57. The summed E-state index contributed by atoms with van der Waals surface area (Å²) in [6, 6.07) is 0.0915. The predicted molar refractivity (Wildman–Crippen MR) is 79.5 cm³/mol. The van der Waals surface area contributed by atoms with E-state index in [4.69, 9.17) is 0 Å². The van der Waals surface area contributed by atoms with Gasteiger partial charge >= 0.3 is 6.03 Å². The van der Waals surface area contributed by atoms with E-state index in [0.717, 1.165) is 45.3 Å². The van der Waals surface area contributed by atoms with Crippen LogP contribution >= 0.6 is 0 Å². The van der Waals surface area contributed by atoms with Gasteiger partial charge in [-0.1, -0.05) is 6.08 Å². The highest BCUT2D eigenvalue weighted by atomic mass is 16.3. The van der Waals surface area contributed by atoms with Crippen molar-refractivity contribution >= 4 is 6.03 Å². The number of hydrogen-bond donors (Lipinski definition) is 3. The van der Waals surface area contributed by atoms with E-state index >= 15 is 0 Å². The zero-order valence-electron chi connectivity index (χ0n) is 12.4. The molecule has 0 aromatic heterocycles. The highest BCUT2D eigenvalue weighted by Gasteiger charge is 2.42. The molecule has 1 aliphatic carbocycles. The lowest BCUT2D eigenvalue weighted by Crippen LogP contribution is -2.56. The molecule has 1 atom stereocenters. The van der Waals surface area contributed by atoms with Gasteiger partial charge in [-0.05, 0) is 38.5 Å². The zero-order chi connectivity index (χ0) is 14.6. The number of amides is 2. The molecule has 1 saturated carbocycles. The number of carbonyl (C=O) groups is 1. The van der Waals surface area contributed by atoms with Gasteiger partial charge < -0.3 is 15.7 Å². The molecule has 1 unspecified atom stereocenters. The Morgan fingerprint density at radius 1 is 1.40 bits per heavy atom. The Balaban J connectivity index is 1.73. The molecule has 0 spiro atoms. The number of carbonyl (C=O) groups excluding carboxylic acids is 1. The van der Waals surface area contributed by atoms with Gasteiger partial charge in [-0.2, -0.15) is 0 Å². The summed E-state index contributed by atoms with van der Waals surface area (Å²) in [7, 11) is 0. The van der Waals surface area contributed by atoms with E-state index in [-0.39, 0.29) is 18.7 Å². The highest BCUT2D eigenvalue weighted by molar-refractivity contribution is 5.75. The molecule has 1 aliphatic heterocycles. The van der Waals surface area contributed by atoms with Gasteiger partial charge in [-0.25, -0.2) is 4.79 Å². The second-order valence-electron chi connectivity index (χ2n) is 6.31. The Hall–Kier alpha value is -1.07. The molecule has 2 rings (SSSR count). The highest BCUT2D eigenvalue weighted by Crippen LogP contribution is 2.39. The molecule has 0 aromatic carbocycles. The van der Waals surface area contributed by atoms with Gasteiger partial charge in [-0.15, -0.1) is 6.58 Å². The van der Waals surface area contributed by atoms with Crippen LogP contribution < -0.4 is 10.6 Å². The van der Waals surface area contributed by atoms with Crippen molar-refractivity contribution in [2.45, 2.75) is 44.2 Å². The lowest BCUT2D eigenvalue weighted by molar-refractivity contribution is 0.150. The summed E-state index contributed by atoms with van der Waals surface area (Å²) in [4.78, 5) is 14.4. The molecule has 1 saturated heterocycles. The van der Waals surface area contributed by atoms with Gasteiger partial charge in [0.05, 0.1) is 12.1 Å². The van der Waals surface area contributed by atoms with E-state index in [1.54, 1.807) is 0 Å². The molecule has 5 nitrogen and oxygen atoms in total. The van der Waals surface area contributed by atoms with Crippen LogP contribution in [-0.2, 0) is 0 Å². The first-order valence-electron chi connectivity index (χ1n) is 7.60. The third kappa shape index (κ3) is 3.96. The third-order valence-corrected chi connectivity index (χ3v) is 4.52. The van der Waals surface area contributed by atoms with E-state index in [1.807, 2.05) is 13.0 Å². The Morgan fingerprint density at radius 2 is 2.05 bits per heavy atom. The Kier molecular flexibility index (Phi) is 5.05. The molecule has 114 valence electrons. The first-order valence-corrected chi connectivity index (χ1v) is 7.60. The normalized spacial score (nSPS) is 23.9. The molecule has 0 aromatic rings. The van der Waals surface area contributed by atoms with Crippen LogP contribution in [0.1, 0.15) is 32.6 Å². The average molecular weight is 281 g/mol. The summed E-state index contributed by atoms with van der Waals surface area (Å²) in [5.41, 5.74) is -0.465. The molecular weight excluding hydrogens is 254 g/mol. The van der Waals surface area contributed by atoms with Gasteiger partial charge in [0.15, 0.2) is 0 Å². The molecule has 1 heterocycles. The van der Waals surface area contributed by atoms with Crippen LogP contribution in [0.3, 0.4) is 0 Å². The molecule has 5 heteroatoms. The van der Waals surface area contributed by atoms with E-state index < -0.39 is 5.54 Å². The molecule has 3 N–H and O–H groups in total. The fourth-order valence-electron chi connectivity index (χ4n) is 2.91. The van der Waals surface area contributed by atoms with E-state index in [1.165, 1.54) is 0 Å². The van der Waals surface area contributed by atoms with E-state index in [9.17, 15) is 9.90 Å². The minimum Gasteiger partial charge on any atom is -0.394 e. The minimum atomic E-state index is -0.465. The summed E-state index contributed by atoms with van der Waals surface area (Å²) in [6.07, 6.45) is 6.05. The maximum Gasteiger partial charge on any atom is 0.315 e. The summed E-state index contributed by atoms with van der Waals surface area (Å²) in [6.45, 7) is 8.59. The third-order valence-electron chi connectivity index (χ3n) is 4.52. The van der Waals surface area contributed by atoms with Gasteiger partial charge in [-0.3, -0.25) is 4.90 Å². The zero-order valence-corrected chi connectivity index (χ0v) is 12.4. The van der Waals surface area contributed by atoms with E-state index in [0.29, 0.717) is 5.92 Å². The summed E-state index contributed by atoms with van der Waals surface area (Å²) in [5.74, 6) is 0.424. The van der Waals surface area contributed by atoms with Crippen LogP contribution in [0.2, 0.25) is 0 Å². The monoisotopic (exact) mass is 281 g/mol. The largest absolute Gasteiger partial charge is 0.394 e. The van der Waals surface area contributed by atoms with Crippen molar-refractivity contribution in [3.63, 3.8) is 0 Å². The van der Waals surface area contributed by atoms with Gasteiger partial charge in [0.25, 0.3) is 0 Å². The second-order valence-corrected chi connectivity index (χ2v) is 6.31. The number of aliphatic hydroxyl groups is 1. The Labute approximate surface area is 121 Å². The van der Waals surface area contributed by atoms with Crippen LogP contribution in [0.15, 0.2) is 12.7 Å². The van der Waals surface area contributed by atoms with Gasteiger partial charge in [0.1, 0.15) is 0 Å². The van der Waals surface area contributed by atoms with Crippen LogP contribution in [-0.4, -0.2) is 53.9 Å². The smallest absolute Gasteiger partial charge is 0.315 e. The molecule has 0 radical (unpaired) electrons. The van der Waals surface area contributed by atoms with Crippen molar-refractivity contribution in [3.8, 4) is 0 Å². The summed E-state index contributed by atoms with van der Waals surface area (Å²) >= 11 is 0. The maximum atomic E-state index is 12.1. The summed E-state index contributed by atoms with van der Waals surface area (Å²) < 4.78 is 0. The predicted octanol–water partition coefficient (Wildman–Crippen LogP) is 1.10. The average Bonchev–Trinajstić information content (AvgIpc) is 3.26. The number of urea groups is 1.